The van der Waals surface area contributed by atoms with Crippen molar-refractivity contribution in [1.82, 2.24) is 5.32 Å². The Bertz CT molecular complexity index is 480. The van der Waals surface area contributed by atoms with Crippen molar-refractivity contribution in [3.05, 3.63) is 30.1 Å². The highest BCUT2D eigenvalue weighted by molar-refractivity contribution is 6.16. The zero-order chi connectivity index (χ0) is 13.3. The van der Waals surface area contributed by atoms with Gasteiger partial charge in [0.05, 0.1) is 0 Å². The molecule has 0 spiro atoms. The number of nitrogens with zero attached hydrogens (tertiary/aromatic N) is 1. The van der Waals surface area contributed by atoms with Gasteiger partial charge in [0.1, 0.15) is 11.4 Å². The Kier molecular flexibility index (Phi) is 3.07. The van der Waals surface area contributed by atoms with Crippen molar-refractivity contribution in [2.45, 2.75) is 32.2 Å². The number of hydrogen-bond acceptors (Lipinski definition) is 2. The van der Waals surface area contributed by atoms with Crippen LogP contribution in [0.15, 0.2) is 24.3 Å². The fraction of sp³-hybridized carbons (Fsp3) is 0.385. The Morgan fingerprint density at radius 1 is 1.17 bits per heavy atom. The minimum Gasteiger partial charge on any atom is -0.279 e. The first-order valence-corrected chi connectivity index (χ1v) is 5.96. The SMILES string of the molecule is CCC1(CC)C(=O)NC(=O)N1c1ccc(F)cc1. The van der Waals surface area contributed by atoms with Gasteiger partial charge in [-0.3, -0.25) is 15.0 Å². The molecule has 1 saturated heterocycles. The molecule has 0 bridgehead atoms. The first kappa shape index (κ1) is 12.5. The van der Waals surface area contributed by atoms with Crippen LogP contribution in [0.25, 0.3) is 0 Å². The number of halogens is 1. The van der Waals surface area contributed by atoms with E-state index in [-0.39, 0.29) is 11.7 Å². The summed E-state index contributed by atoms with van der Waals surface area (Å²) >= 11 is 0. The Morgan fingerprint density at radius 3 is 2.22 bits per heavy atom. The van der Waals surface area contributed by atoms with Crippen LogP contribution in [0, 0.1) is 5.82 Å². The highest BCUT2D eigenvalue weighted by Gasteiger charge is 2.50. The molecular weight excluding hydrogens is 235 g/mol. The van der Waals surface area contributed by atoms with Crippen molar-refractivity contribution >= 4 is 17.6 Å². The van der Waals surface area contributed by atoms with E-state index in [1.165, 1.54) is 29.2 Å². The van der Waals surface area contributed by atoms with Gasteiger partial charge in [-0.25, -0.2) is 9.18 Å². The molecule has 0 aliphatic carbocycles. The second-order valence-corrected chi connectivity index (χ2v) is 4.31. The summed E-state index contributed by atoms with van der Waals surface area (Å²) in [6.45, 7) is 3.72. The number of imide groups is 1. The van der Waals surface area contributed by atoms with Crippen LogP contribution in [-0.4, -0.2) is 17.5 Å². The summed E-state index contributed by atoms with van der Waals surface area (Å²) in [5, 5.41) is 2.33. The number of urea groups is 1. The minimum atomic E-state index is -0.866. The fourth-order valence-electron chi connectivity index (χ4n) is 2.41. The van der Waals surface area contributed by atoms with Crippen molar-refractivity contribution < 1.29 is 14.0 Å². The molecule has 1 aromatic rings. The van der Waals surface area contributed by atoms with Crippen molar-refractivity contribution in [3.8, 4) is 0 Å². The maximum Gasteiger partial charge on any atom is 0.329 e. The highest BCUT2D eigenvalue weighted by atomic mass is 19.1. The summed E-state index contributed by atoms with van der Waals surface area (Å²) in [6.07, 6.45) is 1.02. The quantitative estimate of drug-likeness (QED) is 0.838. The minimum absolute atomic E-state index is 0.290. The molecule has 96 valence electrons. The average molecular weight is 250 g/mol. The summed E-state index contributed by atoms with van der Waals surface area (Å²) in [6, 6.07) is 5.12. The molecule has 0 atom stereocenters. The van der Waals surface area contributed by atoms with E-state index in [0.717, 1.165) is 0 Å². The van der Waals surface area contributed by atoms with Crippen LogP contribution < -0.4 is 10.2 Å². The second kappa shape index (κ2) is 4.40. The lowest BCUT2D eigenvalue weighted by Crippen LogP contribution is -2.49. The van der Waals surface area contributed by atoms with Gasteiger partial charge in [0, 0.05) is 5.69 Å². The number of amides is 3. The van der Waals surface area contributed by atoms with Crippen LogP contribution in [0.4, 0.5) is 14.9 Å². The van der Waals surface area contributed by atoms with E-state index in [4.69, 9.17) is 0 Å². The molecule has 2 rings (SSSR count). The lowest BCUT2D eigenvalue weighted by atomic mass is 9.91. The van der Waals surface area contributed by atoms with Gasteiger partial charge in [0.15, 0.2) is 0 Å². The molecule has 1 aliphatic heterocycles. The molecule has 0 unspecified atom stereocenters. The summed E-state index contributed by atoms with van der Waals surface area (Å²) < 4.78 is 12.9. The molecule has 1 aromatic carbocycles. The van der Waals surface area contributed by atoms with Gasteiger partial charge in [0.2, 0.25) is 0 Å². The summed E-state index contributed by atoms with van der Waals surface area (Å²) in [5.41, 5.74) is -0.335. The second-order valence-electron chi connectivity index (χ2n) is 4.31. The van der Waals surface area contributed by atoms with Gasteiger partial charge >= 0.3 is 6.03 Å². The average Bonchev–Trinajstić information content (AvgIpc) is 2.62. The number of benzene rings is 1. The third-order valence-electron chi connectivity index (χ3n) is 3.53. The van der Waals surface area contributed by atoms with E-state index in [1.54, 1.807) is 0 Å². The van der Waals surface area contributed by atoms with Crippen molar-refractivity contribution in [1.29, 1.82) is 0 Å². The molecule has 0 aromatic heterocycles. The van der Waals surface area contributed by atoms with E-state index in [0.29, 0.717) is 18.5 Å². The maximum absolute atomic E-state index is 12.9. The van der Waals surface area contributed by atoms with Gasteiger partial charge in [-0.15, -0.1) is 0 Å². The molecule has 1 heterocycles. The van der Waals surface area contributed by atoms with Crippen LogP contribution in [-0.2, 0) is 4.79 Å². The van der Waals surface area contributed by atoms with Gasteiger partial charge in [-0.05, 0) is 37.1 Å². The Hall–Kier alpha value is -1.91. The van der Waals surface area contributed by atoms with E-state index < -0.39 is 11.6 Å². The Morgan fingerprint density at radius 2 is 1.72 bits per heavy atom. The van der Waals surface area contributed by atoms with Gasteiger partial charge in [0.25, 0.3) is 5.91 Å². The molecule has 3 amide bonds. The van der Waals surface area contributed by atoms with Crippen molar-refractivity contribution in [3.63, 3.8) is 0 Å². The van der Waals surface area contributed by atoms with Gasteiger partial charge in [-0.1, -0.05) is 13.8 Å². The molecule has 5 heteroatoms. The van der Waals surface area contributed by atoms with Gasteiger partial charge in [-0.2, -0.15) is 0 Å². The lowest BCUT2D eigenvalue weighted by molar-refractivity contribution is -0.123. The zero-order valence-electron chi connectivity index (χ0n) is 10.4. The number of hydrogen-bond donors (Lipinski definition) is 1. The highest BCUT2D eigenvalue weighted by Crippen LogP contribution is 2.34. The predicted octanol–water partition coefficient (Wildman–Crippen LogP) is 2.44. The standard InChI is InChI=1S/C13H15FN2O2/c1-3-13(4-2)11(17)15-12(18)16(13)10-7-5-9(14)6-8-10/h5-8H,3-4H2,1-2H3,(H,15,17,18). The third-order valence-corrected chi connectivity index (χ3v) is 3.53. The number of anilines is 1. The van der Waals surface area contributed by atoms with Crippen molar-refractivity contribution in [2.24, 2.45) is 0 Å². The summed E-state index contributed by atoms with van der Waals surface area (Å²) in [5.74, 6) is -0.662. The topological polar surface area (TPSA) is 49.4 Å². The fourth-order valence-corrected chi connectivity index (χ4v) is 2.41. The molecule has 0 saturated carbocycles. The monoisotopic (exact) mass is 250 g/mol. The van der Waals surface area contributed by atoms with Crippen molar-refractivity contribution in [2.75, 3.05) is 4.90 Å². The smallest absolute Gasteiger partial charge is 0.279 e. The molecule has 1 N–H and O–H groups in total. The number of carbonyl (C=O) groups excluding carboxylic acids is 2. The van der Waals surface area contributed by atoms with Crippen LogP contribution in [0.5, 0.6) is 0 Å². The normalized spacial score (nSPS) is 18.1. The molecule has 1 fully saturated rings. The molecule has 0 radical (unpaired) electrons. The van der Waals surface area contributed by atoms with Crippen LogP contribution in [0.2, 0.25) is 0 Å². The van der Waals surface area contributed by atoms with E-state index in [1.807, 2.05) is 13.8 Å². The molecular formula is C13H15FN2O2. The van der Waals surface area contributed by atoms with E-state index in [2.05, 4.69) is 5.32 Å². The molecule has 18 heavy (non-hydrogen) atoms. The first-order valence-electron chi connectivity index (χ1n) is 5.96. The summed E-state index contributed by atoms with van der Waals surface area (Å²) in [7, 11) is 0. The lowest BCUT2D eigenvalue weighted by Gasteiger charge is -2.33. The maximum atomic E-state index is 12.9. The van der Waals surface area contributed by atoms with Crippen LogP contribution in [0.1, 0.15) is 26.7 Å². The zero-order valence-corrected chi connectivity index (χ0v) is 10.4. The summed E-state index contributed by atoms with van der Waals surface area (Å²) in [4.78, 5) is 25.3. The van der Waals surface area contributed by atoms with Crippen LogP contribution >= 0.6 is 0 Å². The third kappa shape index (κ3) is 1.66. The Balaban J connectivity index is 2.49. The van der Waals surface area contributed by atoms with E-state index >= 15 is 0 Å². The largest absolute Gasteiger partial charge is 0.329 e. The number of nitrogens with one attached hydrogen (secondary N) is 1. The number of rotatable bonds is 3. The first-order chi connectivity index (χ1) is 8.55. The molecule has 1 aliphatic rings. The molecule has 4 nitrogen and oxygen atoms in total. The van der Waals surface area contributed by atoms with E-state index in [9.17, 15) is 14.0 Å². The number of carbonyl (C=O) groups is 2. The van der Waals surface area contributed by atoms with Crippen LogP contribution in [0.3, 0.4) is 0 Å². The van der Waals surface area contributed by atoms with Gasteiger partial charge < -0.3 is 0 Å². The predicted molar refractivity (Wildman–Crippen MR) is 65.7 cm³/mol. The Labute approximate surface area is 105 Å².